The molecule has 7 heteroatoms. The molecule has 1 unspecified atom stereocenters. The molecular formula is C17H20F3N3O. The van der Waals surface area contributed by atoms with Crippen LogP contribution in [0.2, 0.25) is 0 Å². The summed E-state index contributed by atoms with van der Waals surface area (Å²) in [5, 5.41) is 11.5. The first-order chi connectivity index (χ1) is 11.3. The summed E-state index contributed by atoms with van der Waals surface area (Å²) in [7, 11) is 0. The minimum Gasteiger partial charge on any atom is -0.331 e. The lowest BCUT2D eigenvalue weighted by Gasteiger charge is -2.38. The van der Waals surface area contributed by atoms with Gasteiger partial charge in [-0.25, -0.2) is 4.79 Å². The number of carbonyl (C=O) groups excluding carboxylic acids is 1. The summed E-state index contributed by atoms with van der Waals surface area (Å²) in [4.78, 5) is 13.7. The number of hydrogen-bond donors (Lipinski definition) is 1. The zero-order valence-corrected chi connectivity index (χ0v) is 13.4. The Bertz CT molecular complexity index is 603. The van der Waals surface area contributed by atoms with Crippen LogP contribution in [0.4, 0.5) is 18.0 Å². The van der Waals surface area contributed by atoms with Gasteiger partial charge in [-0.2, -0.15) is 18.4 Å². The van der Waals surface area contributed by atoms with Gasteiger partial charge < -0.3 is 10.2 Å². The fourth-order valence-electron chi connectivity index (χ4n) is 2.59. The maximum Gasteiger partial charge on any atom is 0.390 e. The van der Waals surface area contributed by atoms with Gasteiger partial charge in [-0.15, -0.1) is 0 Å². The lowest BCUT2D eigenvalue weighted by atomic mass is 9.91. The molecule has 2 amide bonds. The molecule has 2 rings (SSSR count). The highest BCUT2D eigenvalue weighted by molar-refractivity contribution is 5.75. The Labute approximate surface area is 139 Å². The summed E-state index contributed by atoms with van der Waals surface area (Å²) < 4.78 is 37.4. The molecule has 1 aromatic carbocycles. The minimum atomic E-state index is -4.28. The molecule has 1 N–H and O–H groups in total. The predicted molar refractivity (Wildman–Crippen MR) is 83.1 cm³/mol. The van der Waals surface area contributed by atoms with Crippen molar-refractivity contribution in [2.45, 2.75) is 50.9 Å². The molecule has 0 aliphatic heterocycles. The zero-order chi connectivity index (χ0) is 17.7. The monoisotopic (exact) mass is 339 g/mol. The number of halogens is 3. The summed E-state index contributed by atoms with van der Waals surface area (Å²) >= 11 is 0. The van der Waals surface area contributed by atoms with Crippen LogP contribution in [0.15, 0.2) is 24.3 Å². The van der Waals surface area contributed by atoms with Gasteiger partial charge in [0.1, 0.15) is 0 Å². The normalized spacial score (nSPS) is 16.0. The first-order valence-corrected chi connectivity index (χ1v) is 7.94. The average Bonchev–Trinajstić information content (AvgIpc) is 2.48. The largest absolute Gasteiger partial charge is 0.390 e. The number of hydrogen-bond acceptors (Lipinski definition) is 2. The van der Waals surface area contributed by atoms with Gasteiger partial charge in [-0.3, -0.25) is 0 Å². The summed E-state index contributed by atoms with van der Waals surface area (Å²) in [6, 6.07) is 7.83. The van der Waals surface area contributed by atoms with Crippen LogP contribution in [0, 0.1) is 11.3 Å². The Kier molecular flexibility index (Phi) is 5.71. The third-order valence-corrected chi connectivity index (χ3v) is 4.29. The van der Waals surface area contributed by atoms with Crippen LogP contribution < -0.4 is 5.32 Å². The highest BCUT2D eigenvalue weighted by Gasteiger charge is 2.34. The predicted octanol–water partition coefficient (Wildman–Crippen LogP) is 4.14. The van der Waals surface area contributed by atoms with Crippen molar-refractivity contribution in [1.82, 2.24) is 10.2 Å². The molecule has 1 aromatic rings. The third-order valence-electron chi connectivity index (χ3n) is 4.29. The van der Waals surface area contributed by atoms with Crippen LogP contribution in [-0.4, -0.2) is 29.7 Å². The van der Waals surface area contributed by atoms with E-state index in [2.05, 4.69) is 5.32 Å². The molecule has 0 bridgehead atoms. The Morgan fingerprint density at radius 2 is 2.00 bits per heavy atom. The molecule has 1 atom stereocenters. The van der Waals surface area contributed by atoms with Crippen LogP contribution in [-0.2, 0) is 0 Å². The summed E-state index contributed by atoms with van der Waals surface area (Å²) in [5.41, 5.74) is 1.31. The van der Waals surface area contributed by atoms with Gasteiger partial charge in [0.25, 0.3) is 0 Å². The van der Waals surface area contributed by atoms with Gasteiger partial charge in [-0.1, -0.05) is 12.1 Å². The number of nitrogens with one attached hydrogen (secondary N) is 1. The number of alkyl halides is 3. The van der Waals surface area contributed by atoms with Gasteiger partial charge >= 0.3 is 12.2 Å². The first-order valence-electron chi connectivity index (χ1n) is 7.94. The standard InChI is InChI=1S/C17H20F3N3O/c1-12(14-7-5-13(11-21)6-8-14)22-16(24)23(15-3-2-4-15)10-9-17(18,19)20/h5-8,12,15H,2-4,9-10H2,1H3,(H,22,24). The van der Waals surface area contributed by atoms with Crippen molar-refractivity contribution in [3.05, 3.63) is 35.4 Å². The number of rotatable bonds is 5. The number of benzene rings is 1. The van der Waals surface area contributed by atoms with E-state index in [1.54, 1.807) is 31.2 Å². The summed E-state index contributed by atoms with van der Waals surface area (Å²) in [6.45, 7) is 1.45. The molecule has 0 aromatic heterocycles. The van der Waals surface area contributed by atoms with Crippen LogP contribution in [0.1, 0.15) is 49.8 Å². The second-order valence-electron chi connectivity index (χ2n) is 6.05. The van der Waals surface area contributed by atoms with Crippen molar-refractivity contribution < 1.29 is 18.0 Å². The number of amides is 2. The second kappa shape index (κ2) is 7.56. The summed E-state index contributed by atoms with van der Waals surface area (Å²) in [5.74, 6) is 0. The molecule has 24 heavy (non-hydrogen) atoms. The molecule has 1 fully saturated rings. The molecule has 1 aliphatic carbocycles. The second-order valence-corrected chi connectivity index (χ2v) is 6.05. The first kappa shape index (κ1) is 18.1. The lowest BCUT2D eigenvalue weighted by molar-refractivity contribution is -0.138. The van der Waals surface area contributed by atoms with E-state index >= 15 is 0 Å². The Balaban J connectivity index is 1.99. The van der Waals surface area contributed by atoms with E-state index in [-0.39, 0.29) is 18.6 Å². The number of urea groups is 1. The molecule has 0 radical (unpaired) electrons. The SMILES string of the molecule is CC(NC(=O)N(CCC(F)(F)F)C1CCC1)c1ccc(C#N)cc1. The van der Waals surface area contributed by atoms with Crippen molar-refractivity contribution in [2.75, 3.05) is 6.54 Å². The van der Waals surface area contributed by atoms with E-state index < -0.39 is 18.6 Å². The highest BCUT2D eigenvalue weighted by atomic mass is 19.4. The lowest BCUT2D eigenvalue weighted by Crippen LogP contribution is -2.50. The van der Waals surface area contributed by atoms with E-state index in [4.69, 9.17) is 5.26 Å². The summed E-state index contributed by atoms with van der Waals surface area (Å²) in [6.07, 6.45) is -2.85. The third kappa shape index (κ3) is 4.88. The van der Waals surface area contributed by atoms with Crippen molar-refractivity contribution in [1.29, 1.82) is 5.26 Å². The quantitative estimate of drug-likeness (QED) is 0.877. The van der Waals surface area contributed by atoms with Gasteiger partial charge in [0.05, 0.1) is 24.1 Å². The molecule has 4 nitrogen and oxygen atoms in total. The fraction of sp³-hybridized carbons (Fsp3) is 0.529. The number of nitrogens with zero attached hydrogens (tertiary/aromatic N) is 2. The van der Waals surface area contributed by atoms with Crippen LogP contribution in [0.3, 0.4) is 0 Å². The van der Waals surface area contributed by atoms with E-state index in [9.17, 15) is 18.0 Å². The van der Waals surface area contributed by atoms with Crippen LogP contribution in [0.5, 0.6) is 0 Å². The van der Waals surface area contributed by atoms with Gasteiger partial charge in [0.2, 0.25) is 0 Å². The smallest absolute Gasteiger partial charge is 0.331 e. The Hall–Kier alpha value is -2.23. The van der Waals surface area contributed by atoms with Gasteiger partial charge in [0, 0.05) is 12.6 Å². The fourth-order valence-corrected chi connectivity index (χ4v) is 2.59. The molecule has 0 heterocycles. The van der Waals surface area contributed by atoms with E-state index in [0.717, 1.165) is 24.8 Å². The Morgan fingerprint density at radius 3 is 2.46 bits per heavy atom. The molecule has 0 saturated heterocycles. The number of carbonyl (C=O) groups is 1. The van der Waals surface area contributed by atoms with Gasteiger partial charge in [0.15, 0.2) is 0 Å². The Morgan fingerprint density at radius 1 is 1.38 bits per heavy atom. The molecule has 1 saturated carbocycles. The number of nitriles is 1. The molecule has 130 valence electrons. The maximum atomic E-state index is 12.5. The van der Waals surface area contributed by atoms with Crippen LogP contribution in [0.25, 0.3) is 0 Å². The van der Waals surface area contributed by atoms with E-state index in [1.165, 1.54) is 4.90 Å². The maximum absolute atomic E-state index is 12.5. The van der Waals surface area contributed by atoms with Crippen molar-refractivity contribution in [3.8, 4) is 6.07 Å². The highest BCUT2D eigenvalue weighted by Crippen LogP contribution is 2.28. The van der Waals surface area contributed by atoms with Crippen molar-refractivity contribution in [3.63, 3.8) is 0 Å². The zero-order valence-electron chi connectivity index (χ0n) is 13.4. The average molecular weight is 339 g/mol. The van der Waals surface area contributed by atoms with E-state index in [1.807, 2.05) is 6.07 Å². The van der Waals surface area contributed by atoms with Gasteiger partial charge in [-0.05, 0) is 43.9 Å². The van der Waals surface area contributed by atoms with E-state index in [0.29, 0.717) is 5.56 Å². The molecule has 0 spiro atoms. The van der Waals surface area contributed by atoms with Crippen molar-refractivity contribution >= 4 is 6.03 Å². The minimum absolute atomic E-state index is 0.111. The van der Waals surface area contributed by atoms with Crippen LogP contribution >= 0.6 is 0 Å². The van der Waals surface area contributed by atoms with Crippen molar-refractivity contribution in [2.24, 2.45) is 0 Å². The molecular weight excluding hydrogens is 319 g/mol. The topological polar surface area (TPSA) is 56.1 Å². The molecule has 1 aliphatic rings.